The summed E-state index contributed by atoms with van der Waals surface area (Å²) in [6.07, 6.45) is 1.35. The number of ether oxygens (including phenoxy) is 2. The molecule has 0 radical (unpaired) electrons. The van der Waals surface area contributed by atoms with Crippen LogP contribution in [0.15, 0.2) is 39.9 Å². The monoisotopic (exact) mass is 513 g/mol. The zero-order chi connectivity index (χ0) is 23.0. The summed E-state index contributed by atoms with van der Waals surface area (Å²) < 4.78 is 25.5. The summed E-state index contributed by atoms with van der Waals surface area (Å²) in [5, 5.41) is 6.54. The number of halogens is 3. The molecule has 0 aliphatic carbocycles. The van der Waals surface area contributed by atoms with E-state index >= 15 is 0 Å². The van der Waals surface area contributed by atoms with Crippen LogP contribution in [0.25, 0.3) is 0 Å². The molecule has 2 rings (SSSR count). The van der Waals surface area contributed by atoms with Gasteiger partial charge in [0.1, 0.15) is 12.4 Å². The number of carbonyl (C=O) groups excluding carboxylic acids is 2. The van der Waals surface area contributed by atoms with Gasteiger partial charge in [-0.3, -0.25) is 9.59 Å². The van der Waals surface area contributed by atoms with E-state index in [4.69, 9.17) is 21.1 Å². The molecule has 2 aromatic carbocycles. The number of nitrogens with one attached hydrogen (secondary N) is 2. The van der Waals surface area contributed by atoms with Crippen LogP contribution >= 0.6 is 27.5 Å². The number of hydrogen-bond acceptors (Lipinski definition) is 5. The maximum Gasteiger partial charge on any atom is 0.329 e. The van der Waals surface area contributed by atoms with Crippen molar-refractivity contribution in [3.8, 4) is 11.5 Å². The normalized spacial score (nSPS) is 10.9. The van der Waals surface area contributed by atoms with Gasteiger partial charge in [-0.2, -0.15) is 5.10 Å². The molecular formula is C21H22BrClFN3O4. The average Bonchev–Trinajstić information content (AvgIpc) is 2.72. The third-order valence-corrected chi connectivity index (χ3v) is 4.87. The molecule has 0 saturated carbocycles. The second-order valence-electron chi connectivity index (χ2n) is 6.83. The quantitative estimate of drug-likeness (QED) is 0.316. The van der Waals surface area contributed by atoms with E-state index in [0.29, 0.717) is 28.1 Å². The Balaban J connectivity index is 2.07. The standard InChI is InChI=1S/C21H22BrClFN3O4/c1-12(2)9-25-20(28)21(29)27-26-10-13-7-15(22)19(18(8-13)30-3)31-11-14-16(23)5-4-6-17(14)24/h4-8,10,12H,9,11H2,1-3H3,(H,25,28)(H,27,29)/b26-10-. The molecule has 2 aromatic rings. The van der Waals surface area contributed by atoms with Gasteiger partial charge in [-0.05, 0) is 51.7 Å². The maximum atomic E-state index is 14.0. The highest BCUT2D eigenvalue weighted by molar-refractivity contribution is 9.10. The van der Waals surface area contributed by atoms with Crippen molar-refractivity contribution in [1.29, 1.82) is 0 Å². The van der Waals surface area contributed by atoms with Crippen LogP contribution < -0.4 is 20.2 Å². The summed E-state index contributed by atoms with van der Waals surface area (Å²) in [6, 6.07) is 7.66. The lowest BCUT2D eigenvalue weighted by Crippen LogP contribution is -2.39. The van der Waals surface area contributed by atoms with Gasteiger partial charge in [0.25, 0.3) is 0 Å². The Morgan fingerprint density at radius 1 is 1.29 bits per heavy atom. The van der Waals surface area contributed by atoms with Gasteiger partial charge >= 0.3 is 11.8 Å². The minimum atomic E-state index is -0.871. The first-order valence-electron chi connectivity index (χ1n) is 9.27. The third-order valence-electron chi connectivity index (χ3n) is 3.93. The van der Waals surface area contributed by atoms with Crippen molar-refractivity contribution < 1.29 is 23.5 Å². The second-order valence-corrected chi connectivity index (χ2v) is 8.09. The molecule has 2 amide bonds. The zero-order valence-electron chi connectivity index (χ0n) is 17.2. The Morgan fingerprint density at radius 2 is 2.03 bits per heavy atom. The van der Waals surface area contributed by atoms with Gasteiger partial charge in [-0.1, -0.05) is 31.5 Å². The molecular weight excluding hydrogens is 493 g/mol. The molecule has 0 aromatic heterocycles. The predicted octanol–water partition coefficient (Wildman–Crippen LogP) is 4.05. The molecule has 0 bridgehead atoms. The molecule has 0 fully saturated rings. The number of rotatable bonds is 8. The van der Waals surface area contributed by atoms with Crippen LogP contribution in [-0.2, 0) is 16.2 Å². The summed E-state index contributed by atoms with van der Waals surface area (Å²) in [7, 11) is 1.45. The molecule has 7 nitrogen and oxygen atoms in total. The SMILES string of the molecule is COc1cc(/C=N\NC(=O)C(=O)NCC(C)C)cc(Br)c1OCc1c(F)cccc1Cl. The predicted molar refractivity (Wildman–Crippen MR) is 120 cm³/mol. The van der Waals surface area contributed by atoms with E-state index in [1.165, 1.54) is 25.5 Å². The van der Waals surface area contributed by atoms with Crippen LogP contribution in [0.4, 0.5) is 4.39 Å². The van der Waals surface area contributed by atoms with Gasteiger partial charge in [0.05, 0.1) is 22.8 Å². The lowest BCUT2D eigenvalue weighted by Gasteiger charge is -2.14. The van der Waals surface area contributed by atoms with Crippen molar-refractivity contribution >= 4 is 45.6 Å². The van der Waals surface area contributed by atoms with Gasteiger partial charge in [0.2, 0.25) is 0 Å². The molecule has 0 unspecified atom stereocenters. The number of nitrogens with zero attached hydrogens (tertiary/aromatic N) is 1. The maximum absolute atomic E-state index is 14.0. The fourth-order valence-corrected chi connectivity index (χ4v) is 3.15. The van der Waals surface area contributed by atoms with Crippen LogP contribution in [-0.4, -0.2) is 31.7 Å². The lowest BCUT2D eigenvalue weighted by atomic mass is 10.2. The molecule has 0 heterocycles. The van der Waals surface area contributed by atoms with E-state index < -0.39 is 17.6 Å². The van der Waals surface area contributed by atoms with E-state index in [2.05, 4.69) is 31.8 Å². The summed E-state index contributed by atoms with van der Waals surface area (Å²) in [5.41, 5.74) is 2.94. The molecule has 0 saturated heterocycles. The van der Waals surface area contributed by atoms with E-state index in [-0.39, 0.29) is 23.1 Å². The topological polar surface area (TPSA) is 89.0 Å². The van der Waals surface area contributed by atoms with Gasteiger partial charge in [0, 0.05) is 12.1 Å². The lowest BCUT2D eigenvalue weighted by molar-refractivity contribution is -0.139. The highest BCUT2D eigenvalue weighted by Crippen LogP contribution is 2.37. The van der Waals surface area contributed by atoms with Gasteiger partial charge < -0.3 is 14.8 Å². The Morgan fingerprint density at radius 3 is 2.68 bits per heavy atom. The number of hydrogen-bond donors (Lipinski definition) is 2. The van der Waals surface area contributed by atoms with Crippen LogP contribution in [0, 0.1) is 11.7 Å². The van der Waals surface area contributed by atoms with E-state index in [0.717, 1.165) is 0 Å². The fourth-order valence-electron chi connectivity index (χ4n) is 2.36. The fraction of sp³-hybridized carbons (Fsp3) is 0.286. The number of methoxy groups -OCH3 is 1. The van der Waals surface area contributed by atoms with Crippen molar-refractivity contribution in [3.63, 3.8) is 0 Å². The number of benzene rings is 2. The molecule has 0 spiro atoms. The Kier molecular flexibility index (Phi) is 9.26. The molecule has 31 heavy (non-hydrogen) atoms. The van der Waals surface area contributed by atoms with Crippen molar-refractivity contribution in [2.24, 2.45) is 11.0 Å². The third kappa shape index (κ3) is 7.22. The molecule has 2 N–H and O–H groups in total. The summed E-state index contributed by atoms with van der Waals surface area (Å²) in [5.74, 6) is -1.19. The number of hydrazone groups is 1. The van der Waals surface area contributed by atoms with E-state index in [9.17, 15) is 14.0 Å². The summed E-state index contributed by atoms with van der Waals surface area (Å²) >= 11 is 9.41. The highest BCUT2D eigenvalue weighted by Gasteiger charge is 2.15. The van der Waals surface area contributed by atoms with Crippen molar-refractivity contribution in [2.75, 3.05) is 13.7 Å². The first kappa shape index (κ1) is 24.6. The number of amides is 2. The van der Waals surface area contributed by atoms with E-state index in [1.54, 1.807) is 18.2 Å². The van der Waals surface area contributed by atoms with Crippen molar-refractivity contribution in [1.82, 2.24) is 10.7 Å². The Bertz CT molecular complexity index is 965. The Labute approximate surface area is 193 Å². The number of carbonyl (C=O) groups is 2. The first-order valence-corrected chi connectivity index (χ1v) is 10.4. The van der Waals surface area contributed by atoms with Gasteiger partial charge in [-0.15, -0.1) is 0 Å². The van der Waals surface area contributed by atoms with Gasteiger partial charge in [-0.25, -0.2) is 9.82 Å². The summed E-state index contributed by atoms with van der Waals surface area (Å²) in [4.78, 5) is 23.4. The smallest absolute Gasteiger partial charge is 0.329 e. The van der Waals surface area contributed by atoms with Crippen LogP contribution in [0.5, 0.6) is 11.5 Å². The van der Waals surface area contributed by atoms with Crippen LogP contribution in [0.3, 0.4) is 0 Å². The van der Waals surface area contributed by atoms with Crippen LogP contribution in [0.1, 0.15) is 25.0 Å². The molecule has 166 valence electrons. The van der Waals surface area contributed by atoms with Crippen LogP contribution in [0.2, 0.25) is 5.02 Å². The molecule has 0 aliphatic rings. The molecule has 0 atom stereocenters. The molecule has 10 heteroatoms. The highest BCUT2D eigenvalue weighted by atomic mass is 79.9. The van der Waals surface area contributed by atoms with Crippen molar-refractivity contribution in [2.45, 2.75) is 20.5 Å². The van der Waals surface area contributed by atoms with Gasteiger partial charge in [0.15, 0.2) is 11.5 Å². The van der Waals surface area contributed by atoms with Crippen molar-refractivity contribution in [3.05, 3.63) is 56.8 Å². The zero-order valence-corrected chi connectivity index (χ0v) is 19.5. The molecule has 0 aliphatic heterocycles. The van der Waals surface area contributed by atoms with E-state index in [1.807, 2.05) is 13.8 Å². The Hall–Kier alpha value is -2.65. The minimum Gasteiger partial charge on any atom is -0.493 e. The summed E-state index contributed by atoms with van der Waals surface area (Å²) in [6.45, 7) is 4.12. The first-order chi connectivity index (χ1) is 14.7. The largest absolute Gasteiger partial charge is 0.493 e. The second kappa shape index (κ2) is 11.7. The minimum absolute atomic E-state index is 0.102. The average molecular weight is 515 g/mol.